The van der Waals surface area contributed by atoms with Crippen LogP contribution in [0.15, 0.2) is 42.5 Å². The van der Waals surface area contributed by atoms with Crippen molar-refractivity contribution < 1.29 is 29.0 Å². The number of ether oxygens (including phenoxy) is 1. The number of esters is 1. The van der Waals surface area contributed by atoms with E-state index in [4.69, 9.17) is 16.3 Å². The van der Waals surface area contributed by atoms with Gasteiger partial charge in [-0.15, -0.1) is 0 Å². The summed E-state index contributed by atoms with van der Waals surface area (Å²) in [4.78, 5) is 56.3. The molecule has 162 valence electrons. The zero-order chi connectivity index (χ0) is 23.1. The average Bonchev–Trinajstić information content (AvgIpc) is 2.73. The summed E-state index contributed by atoms with van der Waals surface area (Å²) in [6.45, 7) is 0.588. The SMILES string of the molecule is CC(NC(=O)c1cccc([N+](=O)[O-])c1)C(=O)OCC(=O)Nc1ccc(Cl)c([N+](=O)[O-])c1. The highest BCUT2D eigenvalue weighted by Gasteiger charge is 2.21. The van der Waals surface area contributed by atoms with Gasteiger partial charge in [-0.3, -0.25) is 29.8 Å². The van der Waals surface area contributed by atoms with Crippen molar-refractivity contribution in [1.82, 2.24) is 5.32 Å². The fourth-order valence-electron chi connectivity index (χ4n) is 2.29. The van der Waals surface area contributed by atoms with Crippen LogP contribution in [0.2, 0.25) is 5.02 Å². The molecule has 0 fully saturated rings. The van der Waals surface area contributed by atoms with Gasteiger partial charge in [0.1, 0.15) is 11.1 Å². The molecule has 0 aliphatic heterocycles. The molecule has 0 aromatic heterocycles. The summed E-state index contributed by atoms with van der Waals surface area (Å²) < 4.78 is 4.80. The lowest BCUT2D eigenvalue weighted by Gasteiger charge is -2.13. The Balaban J connectivity index is 1.89. The van der Waals surface area contributed by atoms with Crippen molar-refractivity contribution >= 4 is 46.4 Å². The third-order valence-electron chi connectivity index (χ3n) is 3.79. The molecule has 0 aliphatic carbocycles. The van der Waals surface area contributed by atoms with E-state index in [1.807, 2.05) is 0 Å². The molecule has 2 aromatic carbocycles. The smallest absolute Gasteiger partial charge is 0.328 e. The molecule has 13 heteroatoms. The van der Waals surface area contributed by atoms with Crippen LogP contribution in [0, 0.1) is 20.2 Å². The number of nitrogens with zero attached hydrogens (tertiary/aromatic N) is 2. The van der Waals surface area contributed by atoms with Crippen LogP contribution in [0.5, 0.6) is 0 Å². The number of nitro benzene ring substituents is 2. The summed E-state index contributed by atoms with van der Waals surface area (Å²) in [6.07, 6.45) is 0. The standard InChI is InChI=1S/C18H15ClN4O8/c1-10(20-17(25)11-3-2-4-13(7-11)22(27)28)18(26)31-9-16(24)21-12-5-6-14(19)15(8-12)23(29)30/h2-8,10H,9H2,1H3,(H,20,25)(H,21,24). The van der Waals surface area contributed by atoms with E-state index in [2.05, 4.69) is 10.6 Å². The van der Waals surface area contributed by atoms with Crippen LogP contribution in [0.4, 0.5) is 17.1 Å². The Labute approximate surface area is 179 Å². The minimum absolute atomic E-state index is 0.0316. The van der Waals surface area contributed by atoms with Gasteiger partial charge in [0.05, 0.1) is 9.85 Å². The second kappa shape index (κ2) is 10.1. The highest BCUT2D eigenvalue weighted by Crippen LogP contribution is 2.27. The van der Waals surface area contributed by atoms with Crippen LogP contribution in [-0.2, 0) is 14.3 Å². The molecule has 2 N–H and O–H groups in total. The topological polar surface area (TPSA) is 171 Å². The molecule has 12 nitrogen and oxygen atoms in total. The molecular formula is C18H15ClN4O8. The van der Waals surface area contributed by atoms with Gasteiger partial charge in [0.15, 0.2) is 6.61 Å². The molecule has 1 unspecified atom stereocenters. The Morgan fingerprint density at radius 3 is 2.45 bits per heavy atom. The Kier molecular flexibility index (Phi) is 7.58. The van der Waals surface area contributed by atoms with E-state index in [1.54, 1.807) is 0 Å². The number of non-ortho nitro benzene ring substituents is 1. The number of hydrogen-bond donors (Lipinski definition) is 2. The number of amides is 2. The summed E-state index contributed by atoms with van der Waals surface area (Å²) in [5, 5.41) is 26.1. The van der Waals surface area contributed by atoms with Crippen LogP contribution >= 0.6 is 11.6 Å². The lowest BCUT2D eigenvalue weighted by Crippen LogP contribution is -2.40. The second-order valence-corrected chi connectivity index (χ2v) is 6.49. The van der Waals surface area contributed by atoms with Gasteiger partial charge in [0.25, 0.3) is 23.2 Å². The van der Waals surface area contributed by atoms with Gasteiger partial charge in [0, 0.05) is 29.4 Å². The van der Waals surface area contributed by atoms with Gasteiger partial charge in [-0.1, -0.05) is 17.7 Å². The van der Waals surface area contributed by atoms with Crippen LogP contribution < -0.4 is 10.6 Å². The molecule has 1 atom stereocenters. The van der Waals surface area contributed by atoms with Crippen LogP contribution in [0.25, 0.3) is 0 Å². The molecule has 0 radical (unpaired) electrons. The summed E-state index contributed by atoms with van der Waals surface area (Å²) >= 11 is 5.68. The van der Waals surface area contributed by atoms with Gasteiger partial charge in [-0.25, -0.2) is 4.79 Å². The third-order valence-corrected chi connectivity index (χ3v) is 4.11. The molecule has 0 saturated heterocycles. The number of anilines is 1. The first-order valence-corrected chi connectivity index (χ1v) is 8.92. The number of carbonyl (C=O) groups is 3. The van der Waals surface area contributed by atoms with Crippen LogP contribution in [0.1, 0.15) is 17.3 Å². The van der Waals surface area contributed by atoms with E-state index >= 15 is 0 Å². The predicted molar refractivity (Wildman–Crippen MR) is 108 cm³/mol. The summed E-state index contributed by atoms with van der Waals surface area (Å²) in [7, 11) is 0. The number of hydrogen-bond acceptors (Lipinski definition) is 8. The molecule has 0 spiro atoms. The monoisotopic (exact) mass is 450 g/mol. The van der Waals surface area contributed by atoms with Crippen LogP contribution in [0.3, 0.4) is 0 Å². The fraction of sp³-hybridized carbons (Fsp3) is 0.167. The average molecular weight is 451 g/mol. The zero-order valence-electron chi connectivity index (χ0n) is 15.9. The normalized spacial score (nSPS) is 11.2. The maximum atomic E-state index is 12.1. The largest absolute Gasteiger partial charge is 0.454 e. The lowest BCUT2D eigenvalue weighted by atomic mass is 10.2. The first kappa shape index (κ1) is 23.2. The predicted octanol–water partition coefficient (Wildman–Crippen LogP) is 2.46. The number of halogens is 1. The summed E-state index contributed by atoms with van der Waals surface area (Å²) in [5.74, 6) is -2.45. The van der Waals surface area contributed by atoms with Gasteiger partial charge >= 0.3 is 5.97 Å². The van der Waals surface area contributed by atoms with Crippen molar-refractivity contribution in [3.8, 4) is 0 Å². The number of nitro groups is 2. The first-order valence-electron chi connectivity index (χ1n) is 8.54. The van der Waals surface area contributed by atoms with Gasteiger partial charge in [0.2, 0.25) is 0 Å². The van der Waals surface area contributed by atoms with Crippen molar-refractivity contribution in [2.45, 2.75) is 13.0 Å². The van der Waals surface area contributed by atoms with E-state index in [-0.39, 0.29) is 22.0 Å². The number of benzene rings is 2. The number of carbonyl (C=O) groups excluding carboxylic acids is 3. The van der Waals surface area contributed by atoms with E-state index in [0.717, 1.165) is 12.1 Å². The molecule has 2 aromatic rings. The third kappa shape index (κ3) is 6.47. The maximum Gasteiger partial charge on any atom is 0.328 e. The van der Waals surface area contributed by atoms with Crippen LogP contribution in [-0.4, -0.2) is 40.3 Å². The van der Waals surface area contributed by atoms with Crippen molar-refractivity contribution in [2.75, 3.05) is 11.9 Å². The zero-order valence-corrected chi connectivity index (χ0v) is 16.6. The molecule has 0 heterocycles. The van der Waals surface area contributed by atoms with E-state index < -0.39 is 46.0 Å². The second-order valence-electron chi connectivity index (χ2n) is 6.08. The van der Waals surface area contributed by atoms with Crippen molar-refractivity contribution in [1.29, 1.82) is 0 Å². The van der Waals surface area contributed by atoms with Crippen molar-refractivity contribution in [3.05, 3.63) is 73.3 Å². The number of nitrogens with one attached hydrogen (secondary N) is 2. The Morgan fingerprint density at radius 1 is 1.10 bits per heavy atom. The molecule has 0 bridgehead atoms. The Bertz CT molecular complexity index is 1060. The quantitative estimate of drug-likeness (QED) is 0.350. The van der Waals surface area contributed by atoms with Gasteiger partial charge in [-0.2, -0.15) is 0 Å². The van der Waals surface area contributed by atoms with E-state index in [9.17, 15) is 34.6 Å². The van der Waals surface area contributed by atoms with Crippen molar-refractivity contribution in [2.24, 2.45) is 0 Å². The summed E-state index contributed by atoms with van der Waals surface area (Å²) in [5.41, 5.74) is -0.656. The minimum atomic E-state index is -1.16. The maximum absolute atomic E-state index is 12.1. The molecule has 31 heavy (non-hydrogen) atoms. The van der Waals surface area contributed by atoms with Gasteiger partial charge in [-0.05, 0) is 25.1 Å². The van der Waals surface area contributed by atoms with Gasteiger partial charge < -0.3 is 15.4 Å². The summed E-state index contributed by atoms with van der Waals surface area (Å²) in [6, 6.07) is 7.36. The highest BCUT2D eigenvalue weighted by atomic mass is 35.5. The van der Waals surface area contributed by atoms with E-state index in [0.29, 0.717) is 0 Å². The van der Waals surface area contributed by atoms with Crippen molar-refractivity contribution in [3.63, 3.8) is 0 Å². The molecule has 2 rings (SSSR count). The lowest BCUT2D eigenvalue weighted by molar-refractivity contribution is -0.385. The molecule has 0 aliphatic rings. The molecule has 2 amide bonds. The fourth-order valence-corrected chi connectivity index (χ4v) is 2.48. The Hall–Kier alpha value is -4.06. The molecular weight excluding hydrogens is 436 g/mol. The minimum Gasteiger partial charge on any atom is -0.454 e. The first-order chi connectivity index (χ1) is 14.6. The van der Waals surface area contributed by atoms with E-state index in [1.165, 1.54) is 37.3 Å². The highest BCUT2D eigenvalue weighted by molar-refractivity contribution is 6.32. The molecule has 0 saturated carbocycles. The number of rotatable bonds is 8. The Morgan fingerprint density at radius 2 is 1.81 bits per heavy atom.